The molecule has 1 aromatic carbocycles. The van der Waals surface area contributed by atoms with Gasteiger partial charge in [-0.1, -0.05) is 38.1 Å². The van der Waals surface area contributed by atoms with Gasteiger partial charge < -0.3 is 25.0 Å². The van der Waals surface area contributed by atoms with Gasteiger partial charge in [-0.25, -0.2) is 22.4 Å². The summed E-state index contributed by atoms with van der Waals surface area (Å²) in [5.74, 6) is -3.86. The van der Waals surface area contributed by atoms with Crippen LogP contribution in [-0.4, -0.2) is 95.0 Å². The molecule has 2 aliphatic carbocycles. The zero-order chi connectivity index (χ0) is 40.5. The van der Waals surface area contributed by atoms with Crippen molar-refractivity contribution in [1.29, 1.82) is 0 Å². The van der Waals surface area contributed by atoms with Crippen molar-refractivity contribution in [3.05, 3.63) is 60.0 Å². The molecule has 55 heavy (non-hydrogen) atoms. The summed E-state index contributed by atoms with van der Waals surface area (Å²) in [6, 6.07) is 1.79. The third kappa shape index (κ3) is 10.1. The lowest BCUT2D eigenvalue weighted by atomic mass is 10.0. The molecule has 2 saturated carbocycles. The van der Waals surface area contributed by atoms with Crippen LogP contribution in [0.1, 0.15) is 84.3 Å². The zero-order valence-electron chi connectivity index (χ0n) is 31.8. The lowest BCUT2D eigenvalue weighted by Gasteiger charge is -2.30. The number of fused-ring (bicyclic) bond motifs is 1. The summed E-state index contributed by atoms with van der Waals surface area (Å²) in [7, 11) is -3.97. The number of ether oxygens (including phenoxy) is 2. The largest absolute Gasteiger partial charge is 0.444 e. The maximum absolute atomic E-state index is 14.4. The van der Waals surface area contributed by atoms with E-state index < -0.39 is 86.2 Å². The Labute approximate surface area is 320 Å². The van der Waals surface area contributed by atoms with Gasteiger partial charge in [0.05, 0.1) is 18.3 Å². The minimum Gasteiger partial charge on any atom is -0.444 e. The highest BCUT2D eigenvalue weighted by Gasteiger charge is 2.62. The Hall–Kier alpha value is -4.80. The molecule has 5 amide bonds. The number of halogens is 1. The lowest BCUT2D eigenvalue weighted by molar-refractivity contribution is -0.141. The number of hydrogen-bond acceptors (Lipinski definition) is 10. The maximum Gasteiger partial charge on any atom is 0.410 e. The van der Waals surface area contributed by atoms with Crippen LogP contribution in [0.5, 0.6) is 0 Å². The average molecular weight is 788 g/mol. The van der Waals surface area contributed by atoms with Crippen LogP contribution in [0.15, 0.2) is 43.0 Å². The van der Waals surface area contributed by atoms with E-state index >= 15 is 0 Å². The normalized spacial score (nSPS) is 23.9. The number of carbonyl (C=O) groups excluding carboxylic acids is 6. The molecule has 15 nitrogen and oxygen atoms in total. The molecule has 5 rings (SSSR count). The summed E-state index contributed by atoms with van der Waals surface area (Å²) in [5, 5.41) is 4.49. The molecule has 0 spiro atoms. The molecular formula is C38H50FN5O10S. The number of likely N-dealkylation sites (tertiary alicyclic amines) is 1. The fourth-order valence-electron chi connectivity index (χ4n) is 6.70. The number of alkyl carbamates (subject to hydrolysis) is 1. The molecule has 3 N–H and O–H groups in total. The van der Waals surface area contributed by atoms with E-state index in [4.69, 9.17) is 9.47 Å². The second-order valence-corrected chi connectivity index (χ2v) is 17.9. The third-order valence-corrected chi connectivity index (χ3v) is 11.7. The molecule has 1 saturated heterocycles. The van der Waals surface area contributed by atoms with Gasteiger partial charge in [0.2, 0.25) is 21.8 Å². The van der Waals surface area contributed by atoms with Crippen molar-refractivity contribution in [3.8, 4) is 0 Å². The van der Waals surface area contributed by atoms with Gasteiger partial charge in [-0.15, -0.1) is 6.58 Å². The first-order chi connectivity index (χ1) is 25.7. The highest BCUT2D eigenvalue weighted by Crippen LogP contribution is 2.45. The zero-order valence-corrected chi connectivity index (χ0v) is 32.6. The van der Waals surface area contributed by atoms with Gasteiger partial charge in [-0.3, -0.25) is 28.8 Å². The van der Waals surface area contributed by atoms with Crippen LogP contribution in [0.3, 0.4) is 0 Å². The molecule has 2 heterocycles. The van der Waals surface area contributed by atoms with E-state index in [1.54, 1.807) is 32.9 Å². The molecule has 3 fully saturated rings. The predicted octanol–water partition coefficient (Wildman–Crippen LogP) is 3.37. The number of nitrogens with one attached hydrogen (secondary N) is 3. The number of amides is 5. The molecule has 0 radical (unpaired) electrons. The Balaban J connectivity index is 1.39. The first-order valence-electron chi connectivity index (χ1n) is 18.5. The second-order valence-electron chi connectivity index (χ2n) is 16.0. The fraction of sp³-hybridized carbons (Fsp3) is 0.579. The van der Waals surface area contributed by atoms with Crippen molar-refractivity contribution in [2.24, 2.45) is 11.8 Å². The van der Waals surface area contributed by atoms with Crippen molar-refractivity contribution in [2.45, 2.75) is 121 Å². The van der Waals surface area contributed by atoms with E-state index in [9.17, 15) is 41.6 Å². The van der Waals surface area contributed by atoms with Gasteiger partial charge in [0.15, 0.2) is 5.78 Å². The molecule has 1 aromatic rings. The van der Waals surface area contributed by atoms with Gasteiger partial charge in [-0.2, -0.15) is 0 Å². The smallest absolute Gasteiger partial charge is 0.410 e. The van der Waals surface area contributed by atoms with Gasteiger partial charge in [0, 0.05) is 30.9 Å². The first-order valence-corrected chi connectivity index (χ1v) is 20.0. The highest BCUT2D eigenvalue weighted by molar-refractivity contribution is 7.91. The van der Waals surface area contributed by atoms with E-state index in [1.807, 2.05) is 13.8 Å². The highest BCUT2D eigenvalue weighted by atomic mass is 32.2. The number of hydrogen-bond donors (Lipinski definition) is 3. The topological polar surface area (TPSA) is 198 Å². The summed E-state index contributed by atoms with van der Waals surface area (Å²) in [4.78, 5) is 83.5. The Morgan fingerprint density at radius 1 is 1.11 bits per heavy atom. The van der Waals surface area contributed by atoms with Gasteiger partial charge in [0.1, 0.15) is 35.1 Å². The molecule has 5 atom stereocenters. The lowest BCUT2D eigenvalue weighted by Crippen LogP contribution is -2.58. The van der Waals surface area contributed by atoms with Gasteiger partial charge >= 0.3 is 12.2 Å². The van der Waals surface area contributed by atoms with Crippen LogP contribution in [0.4, 0.5) is 14.0 Å². The van der Waals surface area contributed by atoms with E-state index in [2.05, 4.69) is 21.9 Å². The molecular weight excluding hydrogens is 738 g/mol. The van der Waals surface area contributed by atoms with Crippen LogP contribution < -0.4 is 15.4 Å². The Morgan fingerprint density at radius 3 is 2.42 bits per heavy atom. The van der Waals surface area contributed by atoms with Crippen LogP contribution in [0.25, 0.3) is 0 Å². The van der Waals surface area contributed by atoms with E-state index in [0.29, 0.717) is 24.0 Å². The monoisotopic (exact) mass is 787 g/mol. The SMILES string of the molecule is C=CC1C[C@]1(NC(=O)C1C[C@@H](OC(=O)N2Cc3cccc(F)c3C2)CN1C(=O)[C@H](CCC(=O)/C=C/C(C)C)NC(=O)OC(C)(C)C)C(=O)NS(=O)(=O)C1CC1. The summed E-state index contributed by atoms with van der Waals surface area (Å²) >= 11 is 0. The minimum absolute atomic E-state index is 0.0499. The Kier molecular flexibility index (Phi) is 12.1. The summed E-state index contributed by atoms with van der Waals surface area (Å²) < 4.78 is 53.0. The van der Waals surface area contributed by atoms with Crippen molar-refractivity contribution in [3.63, 3.8) is 0 Å². The van der Waals surface area contributed by atoms with E-state index in [-0.39, 0.29) is 57.0 Å². The van der Waals surface area contributed by atoms with Crippen LogP contribution in [-0.2, 0) is 51.8 Å². The number of ketones is 1. The number of nitrogens with zero attached hydrogens (tertiary/aromatic N) is 2. The van der Waals surface area contributed by atoms with E-state index in [1.165, 1.54) is 29.2 Å². The number of carbonyl (C=O) groups is 6. The average Bonchev–Trinajstić information content (AvgIpc) is 3.98. The quantitative estimate of drug-likeness (QED) is 0.186. The summed E-state index contributed by atoms with van der Waals surface area (Å²) in [5.41, 5.74) is -1.64. The molecule has 0 bridgehead atoms. The van der Waals surface area contributed by atoms with Gasteiger partial charge in [0.25, 0.3) is 5.91 Å². The number of rotatable bonds is 14. The minimum atomic E-state index is -3.97. The standard InChI is InChI=1S/C38H50FN5O10S/c1-7-24-18-38(24,34(48)42-55(51,52)27-14-15-27)41-32(46)31-17-26(53-36(50)43-19-23-9-8-10-29(39)28(23)21-43)20-44(31)33(47)30(40-35(49)54-37(4,5)6)16-13-25(45)12-11-22(2)3/h7-12,22,24,26-27,30-31H,1,13-21H2,2-6H3,(H,40,49)(H,41,46)(H,42,48)/b12-11+/t24?,26-,30+,31?,38-/m1/s1. The molecule has 2 aliphatic heterocycles. The molecule has 300 valence electrons. The second kappa shape index (κ2) is 16.1. The number of allylic oxidation sites excluding steroid dienone is 2. The predicted molar refractivity (Wildman–Crippen MR) is 197 cm³/mol. The van der Waals surface area contributed by atoms with Crippen LogP contribution in [0.2, 0.25) is 0 Å². The van der Waals surface area contributed by atoms with Crippen LogP contribution in [0, 0.1) is 17.7 Å². The maximum atomic E-state index is 14.4. The van der Waals surface area contributed by atoms with Crippen molar-refractivity contribution in [1.82, 2.24) is 25.2 Å². The van der Waals surface area contributed by atoms with Crippen LogP contribution >= 0.6 is 0 Å². The summed E-state index contributed by atoms with van der Waals surface area (Å²) in [6.45, 7) is 12.1. The molecule has 17 heteroatoms. The van der Waals surface area contributed by atoms with E-state index in [0.717, 1.165) is 4.90 Å². The fourth-order valence-corrected chi connectivity index (χ4v) is 8.06. The van der Waals surface area contributed by atoms with Crippen molar-refractivity contribution in [2.75, 3.05) is 6.54 Å². The molecule has 4 aliphatic rings. The van der Waals surface area contributed by atoms with Crippen molar-refractivity contribution >= 4 is 45.7 Å². The third-order valence-electron chi connectivity index (χ3n) is 9.88. The Morgan fingerprint density at radius 2 is 1.82 bits per heavy atom. The van der Waals surface area contributed by atoms with Crippen molar-refractivity contribution < 1.29 is 51.0 Å². The summed E-state index contributed by atoms with van der Waals surface area (Å²) in [6.07, 6.45) is 2.01. The molecule has 0 aromatic heterocycles. The number of benzene rings is 1. The Bertz CT molecular complexity index is 1870. The number of sulfonamides is 1. The first kappa shape index (κ1) is 41.4. The van der Waals surface area contributed by atoms with Gasteiger partial charge in [-0.05, 0) is 70.1 Å². The molecule has 2 unspecified atom stereocenters.